The van der Waals surface area contributed by atoms with Crippen molar-refractivity contribution in [2.24, 2.45) is 0 Å². The van der Waals surface area contributed by atoms with Crippen LogP contribution in [0.4, 0.5) is 0 Å². The Labute approximate surface area is 293 Å². The fraction of sp³-hybridized carbons (Fsp3) is 0.0870. The molecule has 0 spiro atoms. The molecule has 8 aromatic rings. The molecular formula is C46H36N4. The van der Waals surface area contributed by atoms with Crippen molar-refractivity contribution in [2.45, 2.75) is 27.7 Å². The molecule has 0 unspecified atom stereocenters. The molecule has 3 aromatic heterocycles. The molecule has 50 heavy (non-hydrogen) atoms. The summed E-state index contributed by atoms with van der Waals surface area (Å²) in [4.78, 5) is 19.5. The first-order chi connectivity index (χ1) is 24.4. The Morgan fingerprint density at radius 3 is 1.04 bits per heavy atom. The van der Waals surface area contributed by atoms with Crippen LogP contribution < -0.4 is 0 Å². The van der Waals surface area contributed by atoms with Gasteiger partial charge in [-0.1, -0.05) is 119 Å². The molecule has 4 nitrogen and oxygen atoms in total. The molecule has 0 saturated carbocycles. The van der Waals surface area contributed by atoms with Crippen LogP contribution in [0.5, 0.6) is 0 Å². The van der Waals surface area contributed by atoms with Crippen molar-refractivity contribution in [3.63, 3.8) is 0 Å². The molecule has 3 heterocycles. The number of pyridine rings is 2. The summed E-state index contributed by atoms with van der Waals surface area (Å²) in [6.45, 7) is 8.64. The summed E-state index contributed by atoms with van der Waals surface area (Å²) in [5, 5.41) is 0. The third-order valence-electron chi connectivity index (χ3n) is 9.18. The van der Waals surface area contributed by atoms with Gasteiger partial charge in [0.05, 0.1) is 22.4 Å². The van der Waals surface area contributed by atoms with Crippen LogP contribution in [0.25, 0.3) is 78.1 Å². The highest BCUT2D eigenvalue weighted by molar-refractivity contribution is 5.96. The standard InChI is InChI=1S/C46H36N4/c1-29-19-30(2)22-39(21-29)41-25-43-44(26-42(41)40-23-31(3)20-32(4)24-40)50-46(36-15-11-34(12-16-36)38-8-6-18-48-28-38)45(49-43)35-13-9-33(10-14-35)37-7-5-17-47-27-37/h5-28H,1-4H3. The van der Waals surface area contributed by atoms with E-state index in [1.807, 2.05) is 24.5 Å². The minimum absolute atomic E-state index is 0.842. The second-order valence-electron chi connectivity index (χ2n) is 13.2. The van der Waals surface area contributed by atoms with Crippen molar-refractivity contribution >= 4 is 11.0 Å². The molecule has 4 heteroatoms. The normalized spacial score (nSPS) is 11.2. The minimum atomic E-state index is 0.842. The number of nitrogens with zero attached hydrogens (tertiary/aromatic N) is 4. The Hall–Kier alpha value is -6.26. The zero-order chi connectivity index (χ0) is 34.2. The first kappa shape index (κ1) is 31.0. The number of benzene rings is 5. The van der Waals surface area contributed by atoms with E-state index in [9.17, 15) is 0 Å². The molecule has 0 N–H and O–H groups in total. The van der Waals surface area contributed by atoms with Gasteiger partial charge < -0.3 is 0 Å². The molecule has 0 bridgehead atoms. The molecule has 0 aliphatic carbocycles. The highest BCUT2D eigenvalue weighted by Crippen LogP contribution is 2.39. The largest absolute Gasteiger partial charge is 0.264 e. The van der Waals surface area contributed by atoms with E-state index >= 15 is 0 Å². The summed E-state index contributed by atoms with van der Waals surface area (Å²) in [5.74, 6) is 0. The van der Waals surface area contributed by atoms with Gasteiger partial charge in [-0.15, -0.1) is 0 Å². The second kappa shape index (κ2) is 13.0. The monoisotopic (exact) mass is 644 g/mol. The third-order valence-corrected chi connectivity index (χ3v) is 9.18. The minimum Gasteiger partial charge on any atom is -0.264 e. The van der Waals surface area contributed by atoms with Crippen molar-refractivity contribution in [3.05, 3.63) is 168 Å². The van der Waals surface area contributed by atoms with Gasteiger partial charge in [0.1, 0.15) is 0 Å². The lowest BCUT2D eigenvalue weighted by Gasteiger charge is -2.17. The van der Waals surface area contributed by atoms with Crippen molar-refractivity contribution < 1.29 is 0 Å². The van der Waals surface area contributed by atoms with Crippen LogP contribution in [0.1, 0.15) is 22.3 Å². The van der Waals surface area contributed by atoms with E-state index in [0.717, 1.165) is 66.9 Å². The number of rotatable bonds is 6. The van der Waals surface area contributed by atoms with Crippen LogP contribution in [0.15, 0.2) is 146 Å². The van der Waals surface area contributed by atoms with Gasteiger partial charge in [-0.05, 0) is 96.5 Å². The summed E-state index contributed by atoms with van der Waals surface area (Å²) in [6.07, 6.45) is 7.38. The zero-order valence-electron chi connectivity index (χ0n) is 28.6. The molecule has 0 aliphatic heterocycles. The first-order valence-electron chi connectivity index (χ1n) is 16.9. The lowest BCUT2D eigenvalue weighted by Crippen LogP contribution is -1.98. The number of fused-ring (bicyclic) bond motifs is 1. The van der Waals surface area contributed by atoms with Crippen LogP contribution >= 0.6 is 0 Å². The SMILES string of the molecule is Cc1cc(C)cc(-c2cc3nc(-c4ccc(-c5cccnc5)cc4)c(-c4ccc(-c5cccnc5)cc4)nc3cc2-c2cc(C)cc(C)c2)c1. The van der Waals surface area contributed by atoms with E-state index in [2.05, 4.69) is 147 Å². The van der Waals surface area contributed by atoms with E-state index in [1.165, 1.54) is 33.4 Å². The summed E-state index contributed by atoms with van der Waals surface area (Å²) >= 11 is 0. The Morgan fingerprint density at radius 1 is 0.340 bits per heavy atom. The number of hydrogen-bond donors (Lipinski definition) is 0. The predicted octanol–water partition coefficient (Wildman–Crippen LogP) is 11.7. The van der Waals surface area contributed by atoms with Crippen molar-refractivity contribution in [3.8, 4) is 67.0 Å². The number of aromatic nitrogens is 4. The Balaban J connectivity index is 1.36. The molecular weight excluding hydrogens is 609 g/mol. The summed E-state index contributed by atoms with van der Waals surface area (Å²) in [5.41, 5.74) is 19.4. The van der Waals surface area contributed by atoms with Gasteiger partial charge in [0.2, 0.25) is 0 Å². The number of hydrogen-bond acceptors (Lipinski definition) is 4. The maximum absolute atomic E-state index is 5.42. The summed E-state index contributed by atoms with van der Waals surface area (Å²) in [6, 6.07) is 43.2. The van der Waals surface area contributed by atoms with Crippen LogP contribution in [-0.2, 0) is 0 Å². The van der Waals surface area contributed by atoms with Gasteiger partial charge in [-0.3, -0.25) is 9.97 Å². The first-order valence-corrected chi connectivity index (χ1v) is 16.9. The Bertz CT molecular complexity index is 2270. The number of aryl methyl sites for hydroxylation is 4. The van der Waals surface area contributed by atoms with Gasteiger partial charge in [0.25, 0.3) is 0 Å². The Morgan fingerprint density at radius 2 is 0.700 bits per heavy atom. The topological polar surface area (TPSA) is 51.6 Å². The van der Waals surface area contributed by atoms with Gasteiger partial charge in [0, 0.05) is 35.9 Å². The molecule has 0 fully saturated rings. The Kier molecular flexibility index (Phi) is 8.06. The van der Waals surface area contributed by atoms with E-state index in [4.69, 9.17) is 9.97 Å². The van der Waals surface area contributed by atoms with Crippen LogP contribution in [0, 0.1) is 27.7 Å². The second-order valence-corrected chi connectivity index (χ2v) is 13.2. The summed E-state index contributed by atoms with van der Waals surface area (Å²) < 4.78 is 0. The van der Waals surface area contributed by atoms with Crippen LogP contribution in [0.3, 0.4) is 0 Å². The van der Waals surface area contributed by atoms with Crippen LogP contribution in [0.2, 0.25) is 0 Å². The smallest absolute Gasteiger partial charge is 0.0973 e. The fourth-order valence-electron chi connectivity index (χ4n) is 6.95. The lowest BCUT2D eigenvalue weighted by atomic mass is 9.90. The summed E-state index contributed by atoms with van der Waals surface area (Å²) in [7, 11) is 0. The predicted molar refractivity (Wildman–Crippen MR) is 207 cm³/mol. The highest BCUT2D eigenvalue weighted by Gasteiger charge is 2.18. The molecule has 5 aromatic carbocycles. The molecule has 0 saturated heterocycles. The van der Waals surface area contributed by atoms with Gasteiger partial charge >= 0.3 is 0 Å². The zero-order valence-corrected chi connectivity index (χ0v) is 28.6. The van der Waals surface area contributed by atoms with E-state index in [-0.39, 0.29) is 0 Å². The van der Waals surface area contributed by atoms with E-state index in [1.54, 1.807) is 12.4 Å². The molecule has 0 atom stereocenters. The molecule has 0 radical (unpaired) electrons. The molecule has 0 amide bonds. The van der Waals surface area contributed by atoms with E-state index < -0.39 is 0 Å². The maximum Gasteiger partial charge on any atom is 0.0973 e. The van der Waals surface area contributed by atoms with Crippen LogP contribution in [-0.4, -0.2) is 19.9 Å². The third kappa shape index (κ3) is 6.20. The lowest BCUT2D eigenvalue weighted by molar-refractivity contribution is 1.29. The molecule has 8 rings (SSSR count). The molecule has 240 valence electrons. The van der Waals surface area contributed by atoms with Crippen molar-refractivity contribution in [1.29, 1.82) is 0 Å². The highest BCUT2D eigenvalue weighted by atomic mass is 14.8. The average Bonchev–Trinajstić information content (AvgIpc) is 3.14. The average molecular weight is 645 g/mol. The quantitative estimate of drug-likeness (QED) is 0.181. The van der Waals surface area contributed by atoms with Crippen molar-refractivity contribution in [2.75, 3.05) is 0 Å². The van der Waals surface area contributed by atoms with Crippen molar-refractivity contribution in [1.82, 2.24) is 19.9 Å². The maximum atomic E-state index is 5.42. The van der Waals surface area contributed by atoms with Gasteiger partial charge in [-0.2, -0.15) is 0 Å². The molecule has 0 aliphatic rings. The van der Waals surface area contributed by atoms with Gasteiger partial charge in [-0.25, -0.2) is 9.97 Å². The van der Waals surface area contributed by atoms with E-state index in [0.29, 0.717) is 0 Å². The van der Waals surface area contributed by atoms with Gasteiger partial charge in [0.15, 0.2) is 0 Å². The fourth-order valence-corrected chi connectivity index (χ4v) is 6.95.